The molecule has 1 aromatic heterocycles. The van der Waals surface area contributed by atoms with Gasteiger partial charge in [-0.3, -0.25) is 4.98 Å². The van der Waals surface area contributed by atoms with Gasteiger partial charge in [0.15, 0.2) is 0 Å². The second kappa shape index (κ2) is 8.09. The van der Waals surface area contributed by atoms with Crippen LogP contribution in [0.4, 0.5) is 0 Å². The van der Waals surface area contributed by atoms with Gasteiger partial charge in [0.2, 0.25) is 0 Å². The molecule has 8 heteroatoms. The van der Waals surface area contributed by atoms with E-state index in [1.807, 2.05) is 18.2 Å². The van der Waals surface area contributed by atoms with E-state index in [1.165, 1.54) is 4.31 Å². The van der Waals surface area contributed by atoms with Crippen molar-refractivity contribution >= 4 is 10.2 Å². The highest BCUT2D eigenvalue weighted by Crippen LogP contribution is 2.38. The van der Waals surface area contributed by atoms with Gasteiger partial charge in [-0.05, 0) is 49.7 Å². The fourth-order valence-electron chi connectivity index (χ4n) is 3.65. The Balaban J connectivity index is 1.68. The maximum absolute atomic E-state index is 12.9. The van der Waals surface area contributed by atoms with E-state index in [0.29, 0.717) is 44.1 Å². The summed E-state index contributed by atoms with van der Waals surface area (Å²) in [4.78, 5) is 4.33. The molecule has 0 bridgehead atoms. The lowest BCUT2D eigenvalue weighted by Crippen LogP contribution is -2.49. The Labute approximate surface area is 149 Å². The number of nitrogens with zero attached hydrogens (tertiary/aromatic N) is 2. The van der Waals surface area contributed by atoms with Gasteiger partial charge in [0, 0.05) is 33.0 Å². The maximum Gasteiger partial charge on any atom is 0.280 e. The highest BCUT2D eigenvalue weighted by Gasteiger charge is 2.39. The summed E-state index contributed by atoms with van der Waals surface area (Å²) in [5.74, 6) is 0.496. The van der Waals surface area contributed by atoms with E-state index in [1.54, 1.807) is 13.3 Å². The number of rotatable bonds is 7. The standard InChI is InChI=1S/C17H27N3O4S/c1-24-12-13-5-8-20(9-6-13)25(22,23)19-17(14-10-15(21)11-14)16-4-2-3-7-18-16/h2-4,7,13-15,17,19,21H,5-6,8-12H2,1H3/t14?,15?,17-/m0/s1. The smallest absolute Gasteiger partial charge is 0.280 e. The first-order chi connectivity index (χ1) is 12.0. The van der Waals surface area contributed by atoms with Crippen molar-refractivity contribution in [1.82, 2.24) is 14.0 Å². The van der Waals surface area contributed by atoms with Crippen molar-refractivity contribution in [3.8, 4) is 0 Å². The summed E-state index contributed by atoms with van der Waals surface area (Å²) in [7, 11) is -1.91. The van der Waals surface area contributed by atoms with Crippen LogP contribution < -0.4 is 4.72 Å². The van der Waals surface area contributed by atoms with Gasteiger partial charge in [0.25, 0.3) is 10.2 Å². The van der Waals surface area contributed by atoms with E-state index in [2.05, 4.69) is 9.71 Å². The van der Waals surface area contributed by atoms with Gasteiger partial charge in [-0.1, -0.05) is 6.07 Å². The number of pyridine rings is 1. The number of aliphatic hydroxyl groups excluding tert-OH is 1. The number of nitrogens with one attached hydrogen (secondary N) is 1. The lowest BCUT2D eigenvalue weighted by atomic mass is 9.76. The molecule has 25 heavy (non-hydrogen) atoms. The molecule has 1 aromatic rings. The maximum atomic E-state index is 12.9. The summed E-state index contributed by atoms with van der Waals surface area (Å²) in [6.07, 6.45) is 4.14. The van der Waals surface area contributed by atoms with E-state index in [9.17, 15) is 13.5 Å². The van der Waals surface area contributed by atoms with Crippen LogP contribution in [0.25, 0.3) is 0 Å². The average molecular weight is 369 g/mol. The van der Waals surface area contributed by atoms with E-state index in [-0.39, 0.29) is 12.0 Å². The zero-order chi connectivity index (χ0) is 17.9. The molecule has 1 saturated heterocycles. The van der Waals surface area contributed by atoms with Gasteiger partial charge >= 0.3 is 0 Å². The SMILES string of the molecule is COCC1CCN(S(=O)(=O)N[C@H](c2ccccn2)C2CC(O)C2)CC1. The topological polar surface area (TPSA) is 91.8 Å². The molecule has 1 aliphatic carbocycles. The van der Waals surface area contributed by atoms with E-state index in [0.717, 1.165) is 12.8 Å². The highest BCUT2D eigenvalue weighted by molar-refractivity contribution is 7.87. The van der Waals surface area contributed by atoms with E-state index >= 15 is 0 Å². The van der Waals surface area contributed by atoms with Crippen molar-refractivity contribution in [3.63, 3.8) is 0 Å². The summed E-state index contributed by atoms with van der Waals surface area (Å²) in [5.41, 5.74) is 0.706. The lowest BCUT2D eigenvalue weighted by Gasteiger charge is -2.39. The molecule has 0 radical (unpaired) electrons. The molecule has 2 heterocycles. The van der Waals surface area contributed by atoms with Gasteiger partial charge in [-0.25, -0.2) is 0 Å². The summed E-state index contributed by atoms with van der Waals surface area (Å²) >= 11 is 0. The van der Waals surface area contributed by atoms with E-state index < -0.39 is 16.3 Å². The highest BCUT2D eigenvalue weighted by atomic mass is 32.2. The van der Waals surface area contributed by atoms with Gasteiger partial charge in [0.05, 0.1) is 17.8 Å². The normalized spacial score (nSPS) is 27.0. The van der Waals surface area contributed by atoms with Crippen LogP contribution in [-0.2, 0) is 14.9 Å². The van der Waals surface area contributed by atoms with Crippen LogP contribution in [0.5, 0.6) is 0 Å². The molecule has 1 atom stereocenters. The molecule has 1 saturated carbocycles. The number of hydrogen-bond donors (Lipinski definition) is 2. The quantitative estimate of drug-likeness (QED) is 0.751. The fourth-order valence-corrected chi connectivity index (χ4v) is 5.12. The molecule has 0 unspecified atom stereocenters. The lowest BCUT2D eigenvalue weighted by molar-refractivity contribution is 0.0269. The van der Waals surface area contributed by atoms with Gasteiger partial charge in [-0.2, -0.15) is 17.4 Å². The van der Waals surface area contributed by atoms with Gasteiger partial charge in [0.1, 0.15) is 0 Å². The van der Waals surface area contributed by atoms with Crippen molar-refractivity contribution in [2.24, 2.45) is 11.8 Å². The Bertz CT molecular complexity index is 641. The van der Waals surface area contributed by atoms with Crippen LogP contribution >= 0.6 is 0 Å². The molecule has 2 N–H and O–H groups in total. The molecule has 7 nitrogen and oxygen atoms in total. The number of hydrogen-bond acceptors (Lipinski definition) is 5. The largest absolute Gasteiger partial charge is 0.393 e. The minimum absolute atomic E-state index is 0.0747. The third-order valence-corrected chi connectivity index (χ3v) is 6.82. The third-order valence-electron chi connectivity index (χ3n) is 5.22. The minimum Gasteiger partial charge on any atom is -0.393 e. The molecule has 3 rings (SSSR count). The number of piperidine rings is 1. The van der Waals surface area contributed by atoms with Crippen molar-refractivity contribution < 1.29 is 18.3 Å². The van der Waals surface area contributed by atoms with Crippen LogP contribution in [0.3, 0.4) is 0 Å². The minimum atomic E-state index is -3.59. The predicted octanol–water partition coefficient (Wildman–Crippen LogP) is 1.09. The Kier molecular flexibility index (Phi) is 6.06. The van der Waals surface area contributed by atoms with Crippen LogP contribution in [-0.4, -0.2) is 55.7 Å². The Hall–Kier alpha value is -1.06. The zero-order valence-electron chi connectivity index (χ0n) is 14.5. The second-order valence-electron chi connectivity index (χ2n) is 7.04. The van der Waals surface area contributed by atoms with Crippen molar-refractivity contribution in [3.05, 3.63) is 30.1 Å². The number of aliphatic hydroxyl groups is 1. The summed E-state index contributed by atoms with van der Waals surface area (Å²) < 4.78 is 35.2. The number of methoxy groups -OCH3 is 1. The van der Waals surface area contributed by atoms with Gasteiger partial charge < -0.3 is 9.84 Å². The molecular formula is C17H27N3O4S. The first kappa shape index (κ1) is 18.7. The third kappa shape index (κ3) is 4.57. The Morgan fingerprint density at radius 1 is 1.36 bits per heavy atom. The average Bonchev–Trinajstić information content (AvgIpc) is 2.59. The Morgan fingerprint density at radius 3 is 2.64 bits per heavy atom. The second-order valence-corrected chi connectivity index (χ2v) is 8.74. The number of aromatic nitrogens is 1. The summed E-state index contributed by atoms with van der Waals surface area (Å²) in [5, 5.41) is 9.62. The molecule has 0 amide bonds. The predicted molar refractivity (Wildman–Crippen MR) is 93.9 cm³/mol. The van der Waals surface area contributed by atoms with Crippen molar-refractivity contribution in [2.45, 2.75) is 37.8 Å². The first-order valence-electron chi connectivity index (χ1n) is 8.85. The molecule has 2 fully saturated rings. The summed E-state index contributed by atoms with van der Waals surface area (Å²) in [6, 6.07) is 5.11. The summed E-state index contributed by atoms with van der Waals surface area (Å²) in [6.45, 7) is 1.69. The van der Waals surface area contributed by atoms with E-state index in [4.69, 9.17) is 4.74 Å². The molecular weight excluding hydrogens is 342 g/mol. The fraction of sp³-hybridized carbons (Fsp3) is 0.706. The van der Waals surface area contributed by atoms with Crippen LogP contribution in [0.1, 0.15) is 37.4 Å². The molecule has 1 aliphatic heterocycles. The zero-order valence-corrected chi connectivity index (χ0v) is 15.4. The van der Waals surface area contributed by atoms with Crippen molar-refractivity contribution in [2.75, 3.05) is 26.8 Å². The van der Waals surface area contributed by atoms with Crippen molar-refractivity contribution in [1.29, 1.82) is 0 Å². The molecule has 140 valence electrons. The first-order valence-corrected chi connectivity index (χ1v) is 10.3. The molecule has 0 aromatic carbocycles. The Morgan fingerprint density at radius 2 is 2.08 bits per heavy atom. The van der Waals surface area contributed by atoms with Crippen LogP contribution in [0.15, 0.2) is 24.4 Å². The number of ether oxygens (including phenoxy) is 1. The van der Waals surface area contributed by atoms with Crippen LogP contribution in [0, 0.1) is 11.8 Å². The van der Waals surface area contributed by atoms with Crippen LogP contribution in [0.2, 0.25) is 0 Å². The molecule has 0 spiro atoms. The monoisotopic (exact) mass is 369 g/mol. The van der Waals surface area contributed by atoms with Gasteiger partial charge in [-0.15, -0.1) is 0 Å². The molecule has 2 aliphatic rings.